The number of carbonyl (C=O) groups excluding carboxylic acids is 2. The molecule has 0 aromatic heterocycles. The Kier molecular flexibility index (Phi) is 7.14. The van der Waals surface area contributed by atoms with Gasteiger partial charge in [0.2, 0.25) is 0 Å². The van der Waals surface area contributed by atoms with E-state index in [1.807, 2.05) is 52.3 Å². The van der Waals surface area contributed by atoms with Crippen molar-refractivity contribution in [1.29, 1.82) is 0 Å². The van der Waals surface area contributed by atoms with Crippen molar-refractivity contribution < 1.29 is 14.3 Å². The van der Waals surface area contributed by atoms with Crippen LogP contribution in [0, 0.1) is 0 Å². The third kappa shape index (κ3) is 5.27. The fourth-order valence-electron chi connectivity index (χ4n) is 5.31. The van der Waals surface area contributed by atoms with Crippen LogP contribution >= 0.6 is 0 Å². The molecule has 180 valence electrons. The molecule has 3 heterocycles. The molecule has 0 atom stereocenters. The average molecular weight is 462 g/mol. The maximum atomic E-state index is 13.1. The van der Waals surface area contributed by atoms with Gasteiger partial charge in [0.25, 0.3) is 11.8 Å². The van der Waals surface area contributed by atoms with Crippen LogP contribution in [0.1, 0.15) is 70.4 Å². The lowest BCUT2D eigenvalue weighted by atomic mass is 10.1. The number of amides is 2. The number of carbonyl (C=O) groups is 2. The average Bonchev–Trinajstić information content (AvgIpc) is 3.57. The van der Waals surface area contributed by atoms with Gasteiger partial charge in [-0.15, -0.1) is 0 Å². The van der Waals surface area contributed by atoms with Crippen molar-refractivity contribution >= 4 is 11.8 Å². The third-order valence-corrected chi connectivity index (χ3v) is 7.29. The number of ether oxygens (including phenoxy) is 1. The second-order valence-corrected chi connectivity index (χ2v) is 9.77. The number of likely N-dealkylation sites (tertiary alicyclic amines) is 2. The van der Waals surface area contributed by atoms with Crippen LogP contribution in [0.25, 0.3) is 0 Å². The normalized spacial score (nSPS) is 18.2. The monoisotopic (exact) mass is 461 g/mol. The molecule has 3 aliphatic heterocycles. The van der Waals surface area contributed by atoms with E-state index in [1.165, 1.54) is 32.4 Å². The smallest absolute Gasteiger partial charge is 0.254 e. The summed E-state index contributed by atoms with van der Waals surface area (Å²) in [5, 5.41) is 0. The summed E-state index contributed by atoms with van der Waals surface area (Å²) < 4.78 is 5.90. The molecule has 2 amide bonds. The first kappa shape index (κ1) is 22.9. The van der Waals surface area contributed by atoms with E-state index in [0.29, 0.717) is 25.3 Å². The molecule has 6 nitrogen and oxygen atoms in total. The first-order chi connectivity index (χ1) is 16.7. The zero-order valence-corrected chi connectivity index (χ0v) is 20.0. The van der Waals surface area contributed by atoms with Crippen molar-refractivity contribution in [3.8, 4) is 5.75 Å². The minimum Gasteiger partial charge on any atom is -0.494 e. The number of nitrogens with zero attached hydrogens (tertiary/aromatic N) is 3. The van der Waals surface area contributed by atoms with E-state index in [-0.39, 0.29) is 11.8 Å². The first-order valence-corrected chi connectivity index (χ1v) is 12.8. The van der Waals surface area contributed by atoms with Crippen molar-refractivity contribution in [2.45, 2.75) is 51.6 Å². The molecule has 2 fully saturated rings. The quantitative estimate of drug-likeness (QED) is 0.576. The zero-order chi connectivity index (χ0) is 23.3. The van der Waals surface area contributed by atoms with Gasteiger partial charge in [-0.25, -0.2) is 0 Å². The SMILES string of the molecule is O=C(c1ccc2c(c1)CN(C(=O)c1ccc(OCCCN3CCCCC3)cc1)C2)N1CCCC1. The molecule has 3 aliphatic rings. The summed E-state index contributed by atoms with van der Waals surface area (Å²) >= 11 is 0. The lowest BCUT2D eigenvalue weighted by Gasteiger charge is -2.26. The number of hydrogen-bond donors (Lipinski definition) is 0. The molecule has 6 heteroatoms. The molecular weight excluding hydrogens is 426 g/mol. The van der Waals surface area contributed by atoms with Gasteiger partial charge in [0, 0.05) is 43.9 Å². The summed E-state index contributed by atoms with van der Waals surface area (Å²) in [5.74, 6) is 0.932. The van der Waals surface area contributed by atoms with E-state index in [0.717, 1.165) is 61.3 Å². The predicted octanol–water partition coefficient (Wildman–Crippen LogP) is 4.33. The molecular formula is C28H35N3O3. The molecule has 34 heavy (non-hydrogen) atoms. The highest BCUT2D eigenvalue weighted by molar-refractivity contribution is 5.96. The van der Waals surface area contributed by atoms with Crippen LogP contribution in [-0.4, -0.2) is 65.8 Å². The van der Waals surface area contributed by atoms with Gasteiger partial charge in [0.05, 0.1) is 6.61 Å². The fourth-order valence-corrected chi connectivity index (χ4v) is 5.31. The van der Waals surface area contributed by atoms with E-state index in [9.17, 15) is 9.59 Å². The molecule has 0 N–H and O–H groups in total. The first-order valence-electron chi connectivity index (χ1n) is 12.8. The minimum atomic E-state index is 0.0141. The van der Waals surface area contributed by atoms with E-state index in [2.05, 4.69) is 4.90 Å². The summed E-state index contributed by atoms with van der Waals surface area (Å²) in [4.78, 5) is 32.1. The number of rotatable bonds is 7. The van der Waals surface area contributed by atoms with Crippen LogP contribution < -0.4 is 4.74 Å². The van der Waals surface area contributed by atoms with E-state index >= 15 is 0 Å². The van der Waals surface area contributed by atoms with Gasteiger partial charge in [-0.1, -0.05) is 12.5 Å². The van der Waals surface area contributed by atoms with E-state index < -0.39 is 0 Å². The second-order valence-electron chi connectivity index (χ2n) is 9.77. The number of hydrogen-bond acceptors (Lipinski definition) is 4. The van der Waals surface area contributed by atoms with Crippen molar-refractivity contribution in [2.24, 2.45) is 0 Å². The molecule has 5 rings (SSSR count). The highest BCUT2D eigenvalue weighted by Gasteiger charge is 2.26. The second kappa shape index (κ2) is 10.6. The molecule has 2 saturated heterocycles. The summed E-state index contributed by atoms with van der Waals surface area (Å²) in [7, 11) is 0. The molecule has 0 bridgehead atoms. The largest absolute Gasteiger partial charge is 0.494 e. The van der Waals surface area contributed by atoms with Gasteiger partial charge in [0.1, 0.15) is 5.75 Å². The topological polar surface area (TPSA) is 53.1 Å². The number of benzene rings is 2. The fraction of sp³-hybridized carbons (Fsp3) is 0.500. The molecule has 0 unspecified atom stereocenters. The zero-order valence-electron chi connectivity index (χ0n) is 20.0. The highest BCUT2D eigenvalue weighted by Crippen LogP contribution is 2.27. The predicted molar refractivity (Wildman–Crippen MR) is 132 cm³/mol. The Labute approximate surface area is 202 Å². The van der Waals surface area contributed by atoms with Gasteiger partial charge in [-0.3, -0.25) is 9.59 Å². The van der Waals surface area contributed by atoms with Crippen LogP contribution in [0.15, 0.2) is 42.5 Å². The summed E-state index contributed by atoms with van der Waals surface area (Å²) in [6.45, 7) is 7.05. The van der Waals surface area contributed by atoms with Gasteiger partial charge >= 0.3 is 0 Å². The number of fused-ring (bicyclic) bond motifs is 1. The Balaban J connectivity index is 1.12. The molecule has 2 aromatic carbocycles. The van der Waals surface area contributed by atoms with Crippen molar-refractivity contribution in [2.75, 3.05) is 39.3 Å². The summed E-state index contributed by atoms with van der Waals surface area (Å²) in [5.41, 5.74) is 3.60. The molecule has 0 aliphatic carbocycles. The Hall–Kier alpha value is -2.86. The lowest BCUT2D eigenvalue weighted by molar-refractivity contribution is 0.0751. The minimum absolute atomic E-state index is 0.0141. The van der Waals surface area contributed by atoms with Crippen LogP contribution in [-0.2, 0) is 13.1 Å². The molecule has 0 saturated carbocycles. The van der Waals surface area contributed by atoms with Crippen molar-refractivity contribution in [3.63, 3.8) is 0 Å². The molecule has 0 radical (unpaired) electrons. The van der Waals surface area contributed by atoms with Gasteiger partial charge in [-0.05, 0) is 92.7 Å². The van der Waals surface area contributed by atoms with E-state index in [4.69, 9.17) is 4.74 Å². The van der Waals surface area contributed by atoms with E-state index in [1.54, 1.807) is 0 Å². The van der Waals surface area contributed by atoms with Crippen LogP contribution in [0.4, 0.5) is 0 Å². The number of piperidine rings is 1. The van der Waals surface area contributed by atoms with Crippen LogP contribution in [0.5, 0.6) is 5.75 Å². The van der Waals surface area contributed by atoms with Crippen LogP contribution in [0.2, 0.25) is 0 Å². The van der Waals surface area contributed by atoms with Gasteiger partial charge in [0.15, 0.2) is 0 Å². The van der Waals surface area contributed by atoms with Crippen molar-refractivity contribution in [3.05, 3.63) is 64.7 Å². The Morgan fingerprint density at radius 1 is 0.706 bits per heavy atom. The highest BCUT2D eigenvalue weighted by atomic mass is 16.5. The van der Waals surface area contributed by atoms with Crippen LogP contribution in [0.3, 0.4) is 0 Å². The summed E-state index contributed by atoms with van der Waals surface area (Å²) in [6.07, 6.45) is 7.19. The van der Waals surface area contributed by atoms with Crippen molar-refractivity contribution in [1.82, 2.24) is 14.7 Å². The Morgan fingerprint density at radius 3 is 2.12 bits per heavy atom. The molecule has 2 aromatic rings. The Bertz CT molecular complexity index is 1010. The maximum absolute atomic E-state index is 13.1. The third-order valence-electron chi connectivity index (χ3n) is 7.29. The molecule has 0 spiro atoms. The van der Waals surface area contributed by atoms with Gasteiger partial charge < -0.3 is 19.4 Å². The standard InChI is InChI=1S/C28H35N3O3/c32-27(22-9-11-26(12-10-22)34-18-6-15-29-13-2-1-3-14-29)31-20-24-8-7-23(19-25(24)21-31)28(33)30-16-4-5-17-30/h7-12,19H,1-6,13-18,20-21H2. The lowest BCUT2D eigenvalue weighted by Crippen LogP contribution is -2.31. The Morgan fingerprint density at radius 2 is 1.35 bits per heavy atom. The van der Waals surface area contributed by atoms with Gasteiger partial charge in [-0.2, -0.15) is 0 Å². The maximum Gasteiger partial charge on any atom is 0.254 e. The summed E-state index contributed by atoms with van der Waals surface area (Å²) in [6, 6.07) is 13.4.